The molecule has 1 aromatic rings. The summed E-state index contributed by atoms with van der Waals surface area (Å²) in [5.41, 5.74) is -0.817. The fraction of sp³-hybridized carbons (Fsp3) is 0.600. The number of hydrogen-bond donors (Lipinski definition) is 0. The fourth-order valence-electron chi connectivity index (χ4n) is 3.49. The lowest BCUT2D eigenvalue weighted by atomic mass is 10.1. The number of likely N-dealkylation sites (tertiary alicyclic amines) is 1. The van der Waals surface area contributed by atoms with Gasteiger partial charge in [-0.3, -0.25) is 9.69 Å². The standard InChI is InChI=1S/C20H25ClF2N2O4/c1-20(2,3)29-19(27)24-10-13(22)17(28-4)16(24)18(26)25(11-8-9-11)14-7-5-6-12(21)15(14)23/h5-7,11,13,16-17H,8-10H2,1-4H3. The number of hydrogen-bond acceptors (Lipinski definition) is 4. The van der Waals surface area contributed by atoms with Crippen molar-refractivity contribution in [3.8, 4) is 0 Å². The molecular formula is C20H25ClF2N2O4. The molecule has 1 aliphatic carbocycles. The van der Waals surface area contributed by atoms with Crippen LogP contribution in [-0.4, -0.2) is 60.5 Å². The van der Waals surface area contributed by atoms with Crippen molar-refractivity contribution in [3.05, 3.63) is 29.0 Å². The van der Waals surface area contributed by atoms with Crippen molar-refractivity contribution >= 4 is 29.3 Å². The van der Waals surface area contributed by atoms with E-state index in [-0.39, 0.29) is 23.3 Å². The molecule has 0 bridgehead atoms. The summed E-state index contributed by atoms with van der Waals surface area (Å²) in [5.74, 6) is -1.35. The highest BCUT2D eigenvalue weighted by atomic mass is 35.5. The predicted octanol–water partition coefficient (Wildman–Crippen LogP) is 3.95. The molecule has 3 atom stereocenters. The van der Waals surface area contributed by atoms with E-state index in [1.165, 1.54) is 30.2 Å². The third-order valence-corrected chi connectivity index (χ3v) is 5.16. The van der Waals surface area contributed by atoms with E-state index in [4.69, 9.17) is 21.1 Å². The van der Waals surface area contributed by atoms with Gasteiger partial charge in [0.15, 0.2) is 5.82 Å². The first-order chi connectivity index (χ1) is 13.5. The van der Waals surface area contributed by atoms with E-state index >= 15 is 0 Å². The van der Waals surface area contributed by atoms with Gasteiger partial charge >= 0.3 is 6.09 Å². The van der Waals surface area contributed by atoms with Crippen molar-refractivity contribution < 1.29 is 27.8 Å². The zero-order chi connectivity index (χ0) is 21.5. The van der Waals surface area contributed by atoms with Crippen LogP contribution in [0.4, 0.5) is 19.3 Å². The first-order valence-corrected chi connectivity index (χ1v) is 9.86. The first kappa shape index (κ1) is 21.8. The number of carbonyl (C=O) groups excluding carboxylic acids is 2. The maximum atomic E-state index is 14.7. The number of alkyl halides is 1. The maximum absolute atomic E-state index is 14.7. The molecule has 1 aliphatic heterocycles. The van der Waals surface area contributed by atoms with Gasteiger partial charge in [0.25, 0.3) is 5.91 Å². The van der Waals surface area contributed by atoms with Crippen LogP contribution < -0.4 is 4.90 Å². The third kappa shape index (κ3) is 4.48. The van der Waals surface area contributed by atoms with Gasteiger partial charge in [0.1, 0.15) is 23.9 Å². The summed E-state index contributed by atoms with van der Waals surface area (Å²) in [7, 11) is 1.28. The number of anilines is 1. The lowest BCUT2D eigenvalue weighted by Gasteiger charge is -2.33. The van der Waals surface area contributed by atoms with Crippen molar-refractivity contribution in [1.82, 2.24) is 4.90 Å². The van der Waals surface area contributed by atoms with Gasteiger partial charge in [-0.2, -0.15) is 0 Å². The summed E-state index contributed by atoms with van der Waals surface area (Å²) >= 11 is 5.90. The predicted molar refractivity (Wildman–Crippen MR) is 104 cm³/mol. The quantitative estimate of drug-likeness (QED) is 0.725. The minimum Gasteiger partial charge on any atom is -0.444 e. The van der Waals surface area contributed by atoms with E-state index in [0.717, 1.165) is 4.90 Å². The van der Waals surface area contributed by atoms with Crippen LogP contribution in [-0.2, 0) is 14.3 Å². The van der Waals surface area contributed by atoms with Gasteiger partial charge in [0.05, 0.1) is 17.3 Å². The second kappa shape index (κ2) is 8.07. The summed E-state index contributed by atoms with van der Waals surface area (Å²) < 4.78 is 39.9. The average Bonchev–Trinajstić information content (AvgIpc) is 3.39. The van der Waals surface area contributed by atoms with E-state index in [1.807, 2.05) is 0 Å². The topological polar surface area (TPSA) is 59.1 Å². The zero-order valence-electron chi connectivity index (χ0n) is 16.8. The van der Waals surface area contributed by atoms with Crippen LogP contribution in [0.3, 0.4) is 0 Å². The molecule has 0 aromatic heterocycles. The minimum absolute atomic E-state index is 0.00583. The smallest absolute Gasteiger partial charge is 0.411 e. The number of nitrogens with zero attached hydrogens (tertiary/aromatic N) is 2. The number of methoxy groups -OCH3 is 1. The number of halogens is 3. The SMILES string of the molecule is COC1C(F)CN(C(=O)OC(C)(C)C)C1C(=O)N(c1cccc(Cl)c1F)C1CC1. The second-order valence-corrected chi connectivity index (χ2v) is 8.71. The molecule has 6 nitrogen and oxygen atoms in total. The Bertz CT molecular complexity index is 797. The molecule has 2 fully saturated rings. The third-order valence-electron chi connectivity index (χ3n) is 4.87. The molecule has 3 unspecified atom stereocenters. The minimum atomic E-state index is -1.58. The zero-order valence-corrected chi connectivity index (χ0v) is 17.6. The van der Waals surface area contributed by atoms with E-state index in [0.29, 0.717) is 12.8 Å². The Kier molecular flexibility index (Phi) is 6.06. The van der Waals surface area contributed by atoms with Crippen LogP contribution in [0.25, 0.3) is 0 Å². The van der Waals surface area contributed by atoms with E-state index in [9.17, 15) is 18.4 Å². The Balaban J connectivity index is 1.97. The van der Waals surface area contributed by atoms with Gasteiger partial charge in [-0.15, -0.1) is 0 Å². The Morgan fingerprint density at radius 3 is 2.48 bits per heavy atom. The number of rotatable bonds is 4. The summed E-state index contributed by atoms with van der Waals surface area (Å²) in [6, 6.07) is 2.85. The number of benzene rings is 1. The van der Waals surface area contributed by atoms with Gasteiger partial charge in [-0.1, -0.05) is 17.7 Å². The molecule has 3 rings (SSSR count). The number of carbonyl (C=O) groups is 2. The van der Waals surface area contributed by atoms with Crippen LogP contribution in [0.5, 0.6) is 0 Å². The molecule has 29 heavy (non-hydrogen) atoms. The highest BCUT2D eigenvalue weighted by molar-refractivity contribution is 6.31. The molecule has 2 aliphatic rings. The summed E-state index contributed by atoms with van der Waals surface area (Å²) in [4.78, 5) is 28.5. The highest BCUT2D eigenvalue weighted by Crippen LogP contribution is 2.38. The van der Waals surface area contributed by atoms with Gasteiger partial charge in [-0.05, 0) is 45.7 Å². The van der Waals surface area contributed by atoms with Crippen LogP contribution >= 0.6 is 11.6 Å². The van der Waals surface area contributed by atoms with Crippen molar-refractivity contribution in [2.45, 2.75) is 63.6 Å². The molecular weight excluding hydrogens is 406 g/mol. The van der Waals surface area contributed by atoms with Crippen molar-refractivity contribution in [2.75, 3.05) is 18.6 Å². The van der Waals surface area contributed by atoms with Gasteiger partial charge in [0.2, 0.25) is 0 Å². The number of amides is 2. The lowest BCUT2D eigenvalue weighted by Crippen LogP contribution is -2.54. The van der Waals surface area contributed by atoms with Crippen molar-refractivity contribution in [1.29, 1.82) is 0 Å². The Labute approximate surface area is 173 Å². The molecule has 1 heterocycles. The van der Waals surface area contributed by atoms with Crippen LogP contribution in [0.2, 0.25) is 5.02 Å². The van der Waals surface area contributed by atoms with Crippen LogP contribution in [0.1, 0.15) is 33.6 Å². The Morgan fingerprint density at radius 1 is 1.28 bits per heavy atom. The van der Waals surface area contributed by atoms with E-state index in [1.54, 1.807) is 20.8 Å². The van der Waals surface area contributed by atoms with Gasteiger partial charge < -0.3 is 14.4 Å². The van der Waals surface area contributed by atoms with Crippen LogP contribution in [0, 0.1) is 5.82 Å². The molecule has 0 N–H and O–H groups in total. The molecule has 2 amide bonds. The van der Waals surface area contributed by atoms with Crippen LogP contribution in [0.15, 0.2) is 18.2 Å². The molecule has 0 spiro atoms. The Hall–Kier alpha value is -1.93. The van der Waals surface area contributed by atoms with Gasteiger partial charge in [-0.25, -0.2) is 13.6 Å². The fourth-order valence-corrected chi connectivity index (χ4v) is 3.66. The molecule has 160 valence electrons. The van der Waals surface area contributed by atoms with Gasteiger partial charge in [0, 0.05) is 13.2 Å². The molecule has 0 radical (unpaired) electrons. The summed E-state index contributed by atoms with van der Waals surface area (Å²) in [5, 5.41) is -0.122. The average molecular weight is 431 g/mol. The number of ether oxygens (including phenoxy) is 2. The monoisotopic (exact) mass is 430 g/mol. The highest BCUT2D eigenvalue weighted by Gasteiger charge is 2.53. The second-order valence-electron chi connectivity index (χ2n) is 8.31. The molecule has 1 saturated carbocycles. The van der Waals surface area contributed by atoms with E-state index in [2.05, 4.69) is 0 Å². The summed E-state index contributed by atoms with van der Waals surface area (Å²) in [6.07, 6.45) is -2.23. The first-order valence-electron chi connectivity index (χ1n) is 9.48. The summed E-state index contributed by atoms with van der Waals surface area (Å²) in [6.45, 7) is 4.68. The normalized spacial score (nSPS) is 24.5. The lowest BCUT2D eigenvalue weighted by molar-refractivity contribution is -0.126. The van der Waals surface area contributed by atoms with E-state index < -0.39 is 41.7 Å². The molecule has 1 saturated heterocycles. The van der Waals surface area contributed by atoms with Crippen molar-refractivity contribution in [3.63, 3.8) is 0 Å². The maximum Gasteiger partial charge on any atom is 0.411 e. The van der Waals surface area contributed by atoms with Crippen molar-refractivity contribution in [2.24, 2.45) is 0 Å². The Morgan fingerprint density at radius 2 is 1.93 bits per heavy atom. The molecule has 9 heteroatoms. The molecule has 1 aromatic carbocycles. The largest absolute Gasteiger partial charge is 0.444 e.